The molecule has 2 heterocycles. The Morgan fingerprint density at radius 1 is 0.900 bits per heavy atom. The summed E-state index contributed by atoms with van der Waals surface area (Å²) in [7, 11) is 5.77. The zero-order valence-electron chi connectivity index (χ0n) is 22.7. The second kappa shape index (κ2) is 12.5. The largest absolute Gasteiger partial charge is 0.497 e. The minimum atomic E-state index is -0.126. The van der Waals surface area contributed by atoms with Gasteiger partial charge in [-0.15, -0.1) is 11.3 Å². The van der Waals surface area contributed by atoms with Crippen LogP contribution in [-0.4, -0.2) is 42.0 Å². The maximum absolute atomic E-state index is 12.7. The second-order valence-corrected chi connectivity index (χ2v) is 10.7. The molecule has 0 unspecified atom stereocenters. The van der Waals surface area contributed by atoms with Crippen molar-refractivity contribution in [2.45, 2.75) is 13.1 Å². The summed E-state index contributed by atoms with van der Waals surface area (Å²) >= 11 is 1.40. The summed E-state index contributed by atoms with van der Waals surface area (Å²) in [5.41, 5.74) is 6.23. The Morgan fingerprint density at radius 3 is 2.38 bits per heavy atom. The highest BCUT2D eigenvalue weighted by atomic mass is 32.1. The van der Waals surface area contributed by atoms with Crippen LogP contribution in [0.1, 0.15) is 20.8 Å². The van der Waals surface area contributed by atoms with Gasteiger partial charge in [-0.1, -0.05) is 48.5 Å². The number of aromatic nitrogens is 2. The van der Waals surface area contributed by atoms with E-state index in [1.165, 1.54) is 22.5 Å². The number of rotatable bonds is 10. The number of ether oxygens (including phenoxy) is 1. The van der Waals surface area contributed by atoms with E-state index < -0.39 is 0 Å². The lowest BCUT2D eigenvalue weighted by molar-refractivity contribution is 0.0955. The highest BCUT2D eigenvalue weighted by Crippen LogP contribution is 2.28. The van der Waals surface area contributed by atoms with Crippen LogP contribution in [-0.2, 0) is 13.1 Å². The predicted octanol–water partition coefficient (Wildman–Crippen LogP) is 6.62. The van der Waals surface area contributed by atoms with Gasteiger partial charge in [0.15, 0.2) is 0 Å². The summed E-state index contributed by atoms with van der Waals surface area (Å²) in [5, 5.41) is 6.26. The normalized spacial score (nSPS) is 10.9. The Hall–Kier alpha value is -4.53. The van der Waals surface area contributed by atoms with Gasteiger partial charge in [0.25, 0.3) is 5.91 Å². The van der Waals surface area contributed by atoms with Gasteiger partial charge < -0.3 is 20.3 Å². The molecule has 2 N–H and O–H groups in total. The van der Waals surface area contributed by atoms with E-state index in [0.29, 0.717) is 17.4 Å². The molecule has 1 amide bonds. The number of amides is 1. The molecule has 0 saturated heterocycles. The van der Waals surface area contributed by atoms with Gasteiger partial charge in [-0.3, -0.25) is 4.79 Å². The Balaban J connectivity index is 1.21. The summed E-state index contributed by atoms with van der Waals surface area (Å²) < 4.78 is 5.25. The standard InChI is InChI=1S/C32H31N5O2S/c1-37(2)21-22-7-9-24(10-8-22)25-11-13-26(14-12-25)35-32-33-18-17-28(36-32)29-15-16-30(40-29)31(38)34-20-23-5-4-6-27(19-23)39-3/h4-19H,20-21H2,1-3H3,(H,34,38)(H,33,35,36). The van der Waals surface area contributed by atoms with Gasteiger partial charge in [-0.05, 0) is 78.8 Å². The molecule has 3 aromatic carbocycles. The van der Waals surface area contributed by atoms with E-state index in [9.17, 15) is 4.79 Å². The topological polar surface area (TPSA) is 79.4 Å². The van der Waals surface area contributed by atoms with Crippen LogP contribution in [0.25, 0.3) is 21.7 Å². The number of benzene rings is 3. The first-order chi connectivity index (χ1) is 19.5. The number of anilines is 2. The molecule has 0 spiro atoms. The van der Waals surface area contributed by atoms with Gasteiger partial charge in [-0.25, -0.2) is 9.97 Å². The fourth-order valence-corrected chi connectivity index (χ4v) is 5.14. The molecule has 0 atom stereocenters. The molecule has 0 aliphatic rings. The first-order valence-electron chi connectivity index (χ1n) is 12.9. The highest BCUT2D eigenvalue weighted by molar-refractivity contribution is 7.17. The maximum atomic E-state index is 12.7. The summed E-state index contributed by atoms with van der Waals surface area (Å²) in [6.07, 6.45) is 1.72. The van der Waals surface area contributed by atoms with Crippen LogP contribution in [0.3, 0.4) is 0 Å². The molecule has 0 bridgehead atoms. The molecule has 0 aliphatic heterocycles. The van der Waals surface area contributed by atoms with Crippen LogP contribution >= 0.6 is 11.3 Å². The quantitative estimate of drug-likeness (QED) is 0.204. The van der Waals surface area contributed by atoms with Gasteiger partial charge in [0.1, 0.15) is 5.75 Å². The van der Waals surface area contributed by atoms with E-state index in [0.717, 1.165) is 39.7 Å². The highest BCUT2D eigenvalue weighted by Gasteiger charge is 2.12. The molecule has 7 nitrogen and oxygen atoms in total. The maximum Gasteiger partial charge on any atom is 0.261 e. The lowest BCUT2D eigenvalue weighted by Crippen LogP contribution is -2.21. The third-order valence-electron chi connectivity index (χ3n) is 6.25. The molecule has 0 saturated carbocycles. The van der Waals surface area contributed by atoms with Crippen molar-refractivity contribution in [3.8, 4) is 27.4 Å². The molecule has 5 aromatic rings. The van der Waals surface area contributed by atoms with E-state index >= 15 is 0 Å². The minimum absolute atomic E-state index is 0.126. The molecule has 0 aliphatic carbocycles. The molecular weight excluding hydrogens is 518 g/mol. The zero-order chi connectivity index (χ0) is 27.9. The zero-order valence-corrected chi connectivity index (χ0v) is 23.5. The predicted molar refractivity (Wildman–Crippen MR) is 162 cm³/mol. The number of nitrogens with zero attached hydrogens (tertiary/aromatic N) is 3. The van der Waals surface area contributed by atoms with Gasteiger partial charge in [0.05, 0.1) is 22.6 Å². The van der Waals surface area contributed by atoms with E-state index in [1.54, 1.807) is 13.3 Å². The summed E-state index contributed by atoms with van der Waals surface area (Å²) in [6.45, 7) is 1.35. The molecule has 40 heavy (non-hydrogen) atoms. The van der Waals surface area contributed by atoms with Gasteiger partial charge in [-0.2, -0.15) is 0 Å². The molecule has 8 heteroatoms. The Labute approximate surface area is 238 Å². The number of hydrogen-bond acceptors (Lipinski definition) is 7. The van der Waals surface area contributed by atoms with Crippen molar-refractivity contribution < 1.29 is 9.53 Å². The third-order valence-corrected chi connectivity index (χ3v) is 7.36. The number of methoxy groups -OCH3 is 1. The SMILES string of the molecule is COc1cccc(CNC(=O)c2ccc(-c3ccnc(Nc4ccc(-c5ccc(CN(C)C)cc5)cc4)n3)s2)c1. The number of nitrogens with one attached hydrogen (secondary N) is 2. The molecule has 202 valence electrons. The van der Waals surface area contributed by atoms with Gasteiger partial charge >= 0.3 is 0 Å². The molecule has 0 fully saturated rings. The number of thiophene rings is 1. The van der Waals surface area contributed by atoms with E-state index in [2.05, 4.69) is 76.0 Å². The fraction of sp³-hybridized carbons (Fsp3) is 0.156. The Kier molecular flexibility index (Phi) is 8.49. The van der Waals surface area contributed by atoms with Gasteiger partial charge in [0, 0.05) is 25.0 Å². The smallest absolute Gasteiger partial charge is 0.261 e. The number of carbonyl (C=O) groups excluding carboxylic acids is 1. The molecule has 5 rings (SSSR count). The van der Waals surface area contributed by atoms with Gasteiger partial charge in [0.2, 0.25) is 5.95 Å². The van der Waals surface area contributed by atoms with E-state index in [4.69, 9.17) is 4.74 Å². The molecule has 2 aromatic heterocycles. The van der Waals surface area contributed by atoms with Crippen LogP contribution in [0, 0.1) is 0 Å². The first kappa shape index (κ1) is 27.1. The van der Waals surface area contributed by atoms with Crippen molar-refractivity contribution in [3.05, 3.63) is 113 Å². The fourth-order valence-electron chi connectivity index (χ4n) is 4.25. The van der Waals surface area contributed by atoms with Crippen LogP contribution < -0.4 is 15.4 Å². The average molecular weight is 550 g/mol. The van der Waals surface area contributed by atoms with Crippen molar-refractivity contribution in [2.75, 3.05) is 26.5 Å². The third kappa shape index (κ3) is 6.91. The summed E-state index contributed by atoms with van der Waals surface area (Å²) in [6, 6.07) is 30.1. The Bertz CT molecular complexity index is 1580. The second-order valence-electron chi connectivity index (χ2n) is 9.60. The Morgan fingerprint density at radius 2 is 1.65 bits per heavy atom. The summed E-state index contributed by atoms with van der Waals surface area (Å²) in [5.74, 6) is 1.13. The van der Waals surface area contributed by atoms with Crippen LogP contribution in [0.5, 0.6) is 5.75 Å². The number of hydrogen-bond donors (Lipinski definition) is 2. The van der Waals surface area contributed by atoms with Crippen molar-refractivity contribution in [1.29, 1.82) is 0 Å². The minimum Gasteiger partial charge on any atom is -0.497 e. The average Bonchev–Trinajstić information content (AvgIpc) is 3.48. The lowest BCUT2D eigenvalue weighted by atomic mass is 10.0. The van der Waals surface area contributed by atoms with Crippen LogP contribution in [0.15, 0.2) is 97.2 Å². The lowest BCUT2D eigenvalue weighted by Gasteiger charge is -2.11. The summed E-state index contributed by atoms with van der Waals surface area (Å²) in [4.78, 5) is 25.5. The molecule has 0 radical (unpaired) electrons. The van der Waals surface area contributed by atoms with Crippen LogP contribution in [0.2, 0.25) is 0 Å². The van der Waals surface area contributed by atoms with E-state index in [1.807, 2.05) is 54.6 Å². The van der Waals surface area contributed by atoms with Crippen molar-refractivity contribution in [2.24, 2.45) is 0 Å². The van der Waals surface area contributed by atoms with Crippen molar-refractivity contribution in [3.63, 3.8) is 0 Å². The van der Waals surface area contributed by atoms with Crippen molar-refractivity contribution in [1.82, 2.24) is 20.2 Å². The number of carbonyl (C=O) groups is 1. The van der Waals surface area contributed by atoms with Crippen LogP contribution in [0.4, 0.5) is 11.6 Å². The molecular formula is C32H31N5O2S. The first-order valence-corrected chi connectivity index (χ1v) is 13.7. The van der Waals surface area contributed by atoms with Crippen molar-refractivity contribution >= 4 is 28.9 Å². The monoisotopic (exact) mass is 549 g/mol. The van der Waals surface area contributed by atoms with E-state index in [-0.39, 0.29) is 5.91 Å².